The van der Waals surface area contributed by atoms with Gasteiger partial charge in [0.25, 0.3) is 5.91 Å². The van der Waals surface area contributed by atoms with Crippen molar-refractivity contribution in [1.29, 1.82) is 0 Å². The summed E-state index contributed by atoms with van der Waals surface area (Å²) in [4.78, 5) is 26.7. The quantitative estimate of drug-likeness (QED) is 0.633. The summed E-state index contributed by atoms with van der Waals surface area (Å²) < 4.78 is 5.47. The van der Waals surface area contributed by atoms with E-state index in [9.17, 15) is 14.7 Å². The van der Waals surface area contributed by atoms with E-state index in [4.69, 9.17) is 10.2 Å². The maximum atomic E-state index is 12.6. The van der Waals surface area contributed by atoms with Crippen LogP contribution >= 0.6 is 0 Å². The number of aliphatic hydroxyl groups excluding tert-OH is 1. The maximum absolute atomic E-state index is 12.6. The monoisotopic (exact) mass is 348 g/mol. The van der Waals surface area contributed by atoms with Gasteiger partial charge in [-0.3, -0.25) is 9.59 Å². The summed E-state index contributed by atoms with van der Waals surface area (Å²) in [5.41, 5.74) is 5.66. The first kappa shape index (κ1) is 19.2. The van der Waals surface area contributed by atoms with Gasteiger partial charge in [0, 0.05) is 13.0 Å². The van der Waals surface area contributed by atoms with E-state index in [1.807, 2.05) is 13.8 Å². The average Bonchev–Trinajstić information content (AvgIpc) is 3.15. The number of ketones is 1. The third-order valence-corrected chi connectivity index (χ3v) is 4.36. The van der Waals surface area contributed by atoms with Gasteiger partial charge in [-0.15, -0.1) is 0 Å². The highest BCUT2D eigenvalue weighted by molar-refractivity contribution is 6.08. The van der Waals surface area contributed by atoms with E-state index in [1.165, 1.54) is 6.26 Å². The third kappa shape index (κ3) is 4.51. The average molecular weight is 348 g/mol. The molecule has 138 valence electrons. The van der Waals surface area contributed by atoms with Gasteiger partial charge >= 0.3 is 0 Å². The number of rotatable bonds is 10. The molecule has 1 unspecified atom stereocenters. The summed E-state index contributed by atoms with van der Waals surface area (Å²) in [6, 6.07) is 2.82. The normalized spacial score (nSPS) is 17.8. The second-order valence-electron chi connectivity index (χ2n) is 6.90. The standard InChI is InChI=1S/C19H28N2O4/c1-13(2)12-14(22)16-17(15-8-7-11-25-15)21(19(24)18(16)23)10-6-4-3-5-9-20/h7-8,11,13,17,23H,3-6,9-10,12,20H2,1-2H3. The number of carbonyl (C=O) groups is 2. The molecule has 1 aromatic rings. The van der Waals surface area contributed by atoms with Crippen LogP contribution in [0.25, 0.3) is 0 Å². The Labute approximate surface area is 148 Å². The third-order valence-electron chi connectivity index (χ3n) is 4.36. The Morgan fingerprint density at radius 1 is 1.32 bits per heavy atom. The van der Waals surface area contributed by atoms with Crippen LogP contribution < -0.4 is 5.73 Å². The van der Waals surface area contributed by atoms with Crippen LogP contribution in [0.1, 0.15) is 57.8 Å². The van der Waals surface area contributed by atoms with E-state index in [-0.39, 0.29) is 23.7 Å². The number of amides is 1. The Morgan fingerprint density at radius 2 is 2.04 bits per heavy atom. The van der Waals surface area contributed by atoms with Gasteiger partial charge < -0.3 is 20.2 Å². The lowest BCUT2D eigenvalue weighted by molar-refractivity contribution is -0.129. The molecule has 6 nitrogen and oxygen atoms in total. The predicted octanol–water partition coefficient (Wildman–Crippen LogP) is 3.11. The number of nitrogens with zero attached hydrogens (tertiary/aromatic N) is 1. The van der Waals surface area contributed by atoms with Gasteiger partial charge in [-0.05, 0) is 37.4 Å². The molecule has 2 rings (SSSR count). The van der Waals surface area contributed by atoms with Crippen molar-refractivity contribution in [2.45, 2.75) is 52.0 Å². The number of furan rings is 1. The molecular formula is C19H28N2O4. The van der Waals surface area contributed by atoms with Crippen LogP contribution in [0.3, 0.4) is 0 Å². The van der Waals surface area contributed by atoms with Crippen LogP contribution in [0.5, 0.6) is 0 Å². The Hall–Kier alpha value is -2.08. The lowest BCUT2D eigenvalue weighted by Crippen LogP contribution is -2.32. The molecule has 0 bridgehead atoms. The summed E-state index contributed by atoms with van der Waals surface area (Å²) in [5.74, 6) is -0.480. The lowest BCUT2D eigenvalue weighted by Gasteiger charge is -2.25. The van der Waals surface area contributed by atoms with Crippen LogP contribution in [0.15, 0.2) is 34.1 Å². The van der Waals surface area contributed by atoms with Gasteiger partial charge in [0.1, 0.15) is 11.8 Å². The van der Waals surface area contributed by atoms with Crippen LogP contribution in [-0.2, 0) is 9.59 Å². The summed E-state index contributed by atoms with van der Waals surface area (Å²) in [6.45, 7) is 5.00. The number of carbonyl (C=O) groups excluding carboxylic acids is 2. The van der Waals surface area contributed by atoms with Crippen LogP contribution in [-0.4, -0.2) is 34.8 Å². The van der Waals surface area contributed by atoms with Crippen molar-refractivity contribution < 1.29 is 19.1 Å². The predicted molar refractivity (Wildman–Crippen MR) is 94.8 cm³/mol. The van der Waals surface area contributed by atoms with E-state index in [2.05, 4.69) is 0 Å². The molecule has 2 heterocycles. The molecule has 0 saturated carbocycles. The number of nitrogens with two attached hydrogens (primary N) is 1. The molecule has 1 aliphatic heterocycles. The highest BCUT2D eigenvalue weighted by Gasteiger charge is 2.44. The Balaban J connectivity index is 2.20. The molecule has 0 saturated heterocycles. The molecule has 0 fully saturated rings. The van der Waals surface area contributed by atoms with E-state index >= 15 is 0 Å². The fourth-order valence-corrected chi connectivity index (χ4v) is 3.17. The fourth-order valence-electron chi connectivity index (χ4n) is 3.17. The summed E-state index contributed by atoms with van der Waals surface area (Å²) >= 11 is 0. The Kier molecular flexibility index (Phi) is 6.82. The zero-order valence-electron chi connectivity index (χ0n) is 15.0. The van der Waals surface area contributed by atoms with Crippen molar-refractivity contribution in [3.05, 3.63) is 35.5 Å². The van der Waals surface area contributed by atoms with Crippen molar-refractivity contribution in [3.8, 4) is 0 Å². The van der Waals surface area contributed by atoms with E-state index < -0.39 is 17.7 Å². The minimum absolute atomic E-state index is 0.144. The number of hydrogen-bond acceptors (Lipinski definition) is 5. The van der Waals surface area contributed by atoms with Crippen LogP contribution in [0.2, 0.25) is 0 Å². The van der Waals surface area contributed by atoms with Gasteiger partial charge in [0.15, 0.2) is 11.5 Å². The van der Waals surface area contributed by atoms with E-state index in [0.717, 1.165) is 25.7 Å². The minimum atomic E-state index is -0.636. The molecule has 1 aliphatic rings. The zero-order chi connectivity index (χ0) is 18.4. The van der Waals surface area contributed by atoms with E-state index in [1.54, 1.807) is 17.0 Å². The second kappa shape index (κ2) is 8.85. The summed E-state index contributed by atoms with van der Waals surface area (Å²) in [7, 11) is 0. The SMILES string of the molecule is CC(C)CC(=O)C1=C(O)C(=O)N(CCCCCCN)C1c1ccco1. The molecule has 0 radical (unpaired) electrons. The van der Waals surface area contributed by atoms with Crippen molar-refractivity contribution >= 4 is 11.7 Å². The van der Waals surface area contributed by atoms with Gasteiger partial charge in [-0.25, -0.2) is 0 Å². The van der Waals surface area contributed by atoms with Gasteiger partial charge in [0.05, 0.1) is 11.8 Å². The van der Waals surface area contributed by atoms with Crippen molar-refractivity contribution in [2.24, 2.45) is 11.7 Å². The smallest absolute Gasteiger partial charge is 0.290 e. The Bertz CT molecular complexity index is 619. The number of hydrogen-bond donors (Lipinski definition) is 2. The molecule has 3 N–H and O–H groups in total. The topological polar surface area (TPSA) is 96.8 Å². The first-order valence-corrected chi connectivity index (χ1v) is 8.98. The summed E-state index contributed by atoms with van der Waals surface area (Å²) in [5, 5.41) is 10.3. The molecular weight excluding hydrogens is 320 g/mol. The second-order valence-corrected chi connectivity index (χ2v) is 6.90. The molecule has 1 atom stereocenters. The fraction of sp³-hybridized carbons (Fsp3) is 0.579. The van der Waals surface area contributed by atoms with Crippen molar-refractivity contribution in [3.63, 3.8) is 0 Å². The first-order valence-electron chi connectivity index (χ1n) is 8.98. The van der Waals surface area contributed by atoms with Gasteiger partial charge in [-0.1, -0.05) is 26.7 Å². The van der Waals surface area contributed by atoms with Crippen LogP contribution in [0, 0.1) is 5.92 Å². The maximum Gasteiger partial charge on any atom is 0.290 e. The highest BCUT2D eigenvalue weighted by Crippen LogP contribution is 2.39. The van der Waals surface area contributed by atoms with Crippen molar-refractivity contribution in [2.75, 3.05) is 13.1 Å². The molecule has 1 aromatic heterocycles. The highest BCUT2D eigenvalue weighted by atomic mass is 16.3. The lowest BCUT2D eigenvalue weighted by atomic mass is 9.95. The van der Waals surface area contributed by atoms with E-state index in [0.29, 0.717) is 18.8 Å². The summed E-state index contributed by atoms with van der Waals surface area (Å²) in [6.07, 6.45) is 5.50. The molecule has 0 spiro atoms. The Morgan fingerprint density at radius 3 is 2.64 bits per heavy atom. The minimum Gasteiger partial charge on any atom is -0.503 e. The van der Waals surface area contributed by atoms with Crippen molar-refractivity contribution in [1.82, 2.24) is 4.90 Å². The van der Waals surface area contributed by atoms with Crippen LogP contribution in [0.4, 0.5) is 0 Å². The molecule has 0 aromatic carbocycles. The van der Waals surface area contributed by atoms with Gasteiger partial charge in [-0.2, -0.15) is 0 Å². The molecule has 25 heavy (non-hydrogen) atoms. The molecule has 1 amide bonds. The number of unbranched alkanes of at least 4 members (excludes halogenated alkanes) is 3. The number of aliphatic hydroxyl groups is 1. The largest absolute Gasteiger partial charge is 0.503 e. The number of Topliss-reactive ketones (excluding diaryl/α,β-unsaturated/α-hetero) is 1. The molecule has 6 heteroatoms. The zero-order valence-corrected chi connectivity index (χ0v) is 15.0. The molecule has 0 aliphatic carbocycles. The van der Waals surface area contributed by atoms with Gasteiger partial charge in [0.2, 0.25) is 0 Å². The first-order chi connectivity index (χ1) is 12.0.